The largest absolute Gasteiger partial charge is 0.372 e. The number of rotatable bonds is 7. The Morgan fingerprint density at radius 3 is 2.42 bits per heavy atom. The Hall–Kier alpha value is -1.81. The van der Waals surface area contributed by atoms with Gasteiger partial charge in [-0.25, -0.2) is 0 Å². The summed E-state index contributed by atoms with van der Waals surface area (Å²) in [5, 5.41) is 2.80. The minimum Gasteiger partial charge on any atom is -0.372 e. The highest BCUT2D eigenvalue weighted by Crippen LogP contribution is 2.17. The Morgan fingerprint density at radius 2 is 1.95 bits per heavy atom. The molecule has 1 unspecified atom stereocenters. The first kappa shape index (κ1) is 15.2. The van der Waals surface area contributed by atoms with E-state index in [2.05, 4.69) is 30.6 Å². The van der Waals surface area contributed by atoms with E-state index >= 15 is 0 Å². The van der Waals surface area contributed by atoms with Crippen LogP contribution in [0, 0.1) is 0 Å². The maximum absolute atomic E-state index is 11.7. The molecule has 3 N–H and O–H groups in total. The van der Waals surface area contributed by atoms with Crippen LogP contribution in [0.25, 0.3) is 0 Å². The number of nitrogens with zero attached hydrogens (tertiary/aromatic N) is 1. The van der Waals surface area contributed by atoms with Crippen molar-refractivity contribution in [2.24, 2.45) is 5.73 Å². The maximum atomic E-state index is 11.7. The van der Waals surface area contributed by atoms with Crippen LogP contribution in [0.5, 0.6) is 0 Å². The molecule has 1 rings (SSSR count). The zero-order chi connectivity index (χ0) is 14.3. The van der Waals surface area contributed by atoms with Gasteiger partial charge in [0.05, 0.1) is 6.04 Å². The third-order valence-electron chi connectivity index (χ3n) is 3.02. The molecule has 1 aromatic carbocycles. The van der Waals surface area contributed by atoms with Gasteiger partial charge >= 0.3 is 0 Å². The minimum absolute atomic E-state index is 0.185. The van der Waals surface area contributed by atoms with Crippen molar-refractivity contribution in [2.45, 2.75) is 26.3 Å². The molecular weight excluding hydrogens is 238 g/mol. The van der Waals surface area contributed by atoms with E-state index in [0.717, 1.165) is 24.5 Å². The molecule has 4 nitrogen and oxygen atoms in total. The standard InChI is InChI=1S/C15H23N3O/c1-4-7-14(16)15(19)17-12-8-10-13(11-9-12)18(5-2)6-3/h4,8-11,14H,1,5-7,16H2,2-3H3,(H,17,19). The summed E-state index contributed by atoms with van der Waals surface area (Å²) >= 11 is 0. The first-order valence-electron chi connectivity index (χ1n) is 6.64. The summed E-state index contributed by atoms with van der Waals surface area (Å²) in [4.78, 5) is 14.0. The molecule has 1 atom stereocenters. The number of carbonyl (C=O) groups is 1. The topological polar surface area (TPSA) is 58.4 Å². The van der Waals surface area contributed by atoms with E-state index in [-0.39, 0.29) is 5.91 Å². The van der Waals surface area contributed by atoms with Crippen molar-refractivity contribution < 1.29 is 4.79 Å². The predicted octanol–water partition coefficient (Wildman–Crippen LogP) is 2.37. The third kappa shape index (κ3) is 4.41. The number of hydrogen-bond donors (Lipinski definition) is 2. The SMILES string of the molecule is C=CCC(N)C(=O)Nc1ccc(N(CC)CC)cc1. The van der Waals surface area contributed by atoms with E-state index in [4.69, 9.17) is 5.73 Å². The van der Waals surface area contributed by atoms with E-state index in [9.17, 15) is 4.79 Å². The van der Waals surface area contributed by atoms with Crippen molar-refractivity contribution >= 4 is 17.3 Å². The monoisotopic (exact) mass is 261 g/mol. The van der Waals surface area contributed by atoms with E-state index < -0.39 is 6.04 Å². The summed E-state index contributed by atoms with van der Waals surface area (Å²) in [5.41, 5.74) is 7.62. The smallest absolute Gasteiger partial charge is 0.241 e. The van der Waals surface area contributed by atoms with Gasteiger partial charge in [0.1, 0.15) is 0 Å². The Kier molecular flexibility index (Phi) is 6.09. The highest BCUT2D eigenvalue weighted by Gasteiger charge is 2.11. The second kappa shape index (κ2) is 7.59. The van der Waals surface area contributed by atoms with Crippen LogP contribution in [0.15, 0.2) is 36.9 Å². The number of hydrogen-bond acceptors (Lipinski definition) is 3. The molecule has 19 heavy (non-hydrogen) atoms. The molecule has 4 heteroatoms. The van der Waals surface area contributed by atoms with Crippen LogP contribution >= 0.6 is 0 Å². The fourth-order valence-electron chi connectivity index (χ4n) is 1.87. The summed E-state index contributed by atoms with van der Waals surface area (Å²) < 4.78 is 0. The van der Waals surface area contributed by atoms with E-state index in [1.54, 1.807) is 6.08 Å². The van der Waals surface area contributed by atoms with Gasteiger partial charge in [-0.15, -0.1) is 6.58 Å². The minimum atomic E-state index is -0.542. The molecule has 104 valence electrons. The summed E-state index contributed by atoms with van der Waals surface area (Å²) in [7, 11) is 0. The Morgan fingerprint density at radius 1 is 1.37 bits per heavy atom. The molecular formula is C15H23N3O. The molecule has 1 amide bonds. The van der Waals surface area contributed by atoms with Crippen LogP contribution in [0.4, 0.5) is 11.4 Å². The Bertz CT molecular complexity index is 410. The molecule has 0 saturated carbocycles. The van der Waals surface area contributed by atoms with Crippen molar-refractivity contribution in [3.63, 3.8) is 0 Å². The van der Waals surface area contributed by atoms with Crippen molar-refractivity contribution in [3.05, 3.63) is 36.9 Å². The summed E-state index contributed by atoms with van der Waals surface area (Å²) in [6.07, 6.45) is 2.12. The maximum Gasteiger partial charge on any atom is 0.241 e. The number of anilines is 2. The predicted molar refractivity (Wildman–Crippen MR) is 81.4 cm³/mol. The van der Waals surface area contributed by atoms with Crippen molar-refractivity contribution in [1.29, 1.82) is 0 Å². The van der Waals surface area contributed by atoms with Crippen LogP contribution in [-0.2, 0) is 4.79 Å². The van der Waals surface area contributed by atoms with Crippen LogP contribution in [0.3, 0.4) is 0 Å². The molecule has 0 fully saturated rings. The number of nitrogens with two attached hydrogens (primary N) is 1. The number of carbonyl (C=O) groups excluding carboxylic acids is 1. The van der Waals surface area contributed by atoms with E-state index in [1.807, 2.05) is 24.3 Å². The lowest BCUT2D eigenvalue weighted by Crippen LogP contribution is -2.35. The van der Waals surface area contributed by atoms with Gasteiger partial charge in [-0.3, -0.25) is 4.79 Å². The van der Waals surface area contributed by atoms with Gasteiger partial charge in [0, 0.05) is 24.5 Å². The van der Waals surface area contributed by atoms with Crippen LogP contribution in [-0.4, -0.2) is 25.0 Å². The highest BCUT2D eigenvalue weighted by molar-refractivity contribution is 5.94. The van der Waals surface area contributed by atoms with Gasteiger partial charge in [0.25, 0.3) is 0 Å². The molecule has 0 aliphatic rings. The molecule has 0 saturated heterocycles. The first-order chi connectivity index (χ1) is 9.12. The third-order valence-corrected chi connectivity index (χ3v) is 3.02. The average Bonchev–Trinajstić information content (AvgIpc) is 2.42. The van der Waals surface area contributed by atoms with Crippen molar-refractivity contribution in [2.75, 3.05) is 23.3 Å². The van der Waals surface area contributed by atoms with E-state index in [0.29, 0.717) is 6.42 Å². The van der Waals surface area contributed by atoms with Gasteiger partial charge < -0.3 is 16.0 Å². The lowest BCUT2D eigenvalue weighted by atomic mass is 10.2. The molecule has 0 aliphatic carbocycles. The lowest BCUT2D eigenvalue weighted by molar-refractivity contribution is -0.117. The molecule has 0 aromatic heterocycles. The van der Waals surface area contributed by atoms with Crippen molar-refractivity contribution in [3.8, 4) is 0 Å². The van der Waals surface area contributed by atoms with Gasteiger partial charge in [-0.2, -0.15) is 0 Å². The van der Waals surface area contributed by atoms with Gasteiger partial charge in [0.15, 0.2) is 0 Å². The van der Waals surface area contributed by atoms with Gasteiger partial charge in [-0.1, -0.05) is 6.08 Å². The van der Waals surface area contributed by atoms with Crippen molar-refractivity contribution in [1.82, 2.24) is 0 Å². The van der Waals surface area contributed by atoms with E-state index in [1.165, 1.54) is 0 Å². The zero-order valence-electron chi connectivity index (χ0n) is 11.7. The van der Waals surface area contributed by atoms with Crippen LogP contribution < -0.4 is 16.0 Å². The number of benzene rings is 1. The first-order valence-corrected chi connectivity index (χ1v) is 6.64. The molecule has 0 radical (unpaired) electrons. The average molecular weight is 261 g/mol. The fraction of sp³-hybridized carbons (Fsp3) is 0.400. The molecule has 0 aliphatic heterocycles. The van der Waals surface area contributed by atoms with Crippen LogP contribution in [0.1, 0.15) is 20.3 Å². The molecule has 0 heterocycles. The summed E-state index contributed by atoms with van der Waals surface area (Å²) in [6, 6.07) is 7.25. The van der Waals surface area contributed by atoms with Crippen LogP contribution in [0.2, 0.25) is 0 Å². The number of nitrogens with one attached hydrogen (secondary N) is 1. The summed E-state index contributed by atoms with van der Waals surface area (Å²) in [6.45, 7) is 9.74. The Balaban J connectivity index is 2.66. The Labute approximate surface area is 115 Å². The normalized spacial score (nSPS) is 11.7. The quantitative estimate of drug-likeness (QED) is 0.741. The lowest BCUT2D eigenvalue weighted by Gasteiger charge is -2.21. The van der Waals surface area contributed by atoms with Gasteiger partial charge in [0.2, 0.25) is 5.91 Å². The zero-order valence-corrected chi connectivity index (χ0v) is 11.7. The van der Waals surface area contributed by atoms with Gasteiger partial charge in [-0.05, 0) is 44.5 Å². The number of amides is 1. The second-order valence-corrected chi connectivity index (χ2v) is 4.34. The molecule has 0 spiro atoms. The second-order valence-electron chi connectivity index (χ2n) is 4.34. The molecule has 1 aromatic rings. The fourth-order valence-corrected chi connectivity index (χ4v) is 1.87. The summed E-state index contributed by atoms with van der Waals surface area (Å²) in [5.74, 6) is -0.185. The molecule has 0 bridgehead atoms. The highest BCUT2D eigenvalue weighted by atomic mass is 16.2.